The van der Waals surface area contributed by atoms with Crippen LogP contribution in [0.1, 0.15) is 47.7 Å². The van der Waals surface area contributed by atoms with Crippen LogP contribution in [0.4, 0.5) is 4.79 Å². The number of aromatic amines is 1. The molecule has 2 N–H and O–H groups in total. The second kappa shape index (κ2) is 9.52. The van der Waals surface area contributed by atoms with Crippen LogP contribution in [0.2, 0.25) is 10.0 Å². The highest BCUT2D eigenvalue weighted by Crippen LogP contribution is 2.43. The Morgan fingerprint density at radius 2 is 1.93 bits per heavy atom. The van der Waals surface area contributed by atoms with Crippen LogP contribution in [0.15, 0.2) is 47.8 Å². The van der Waals surface area contributed by atoms with Gasteiger partial charge < -0.3 is 14.8 Å². The lowest BCUT2D eigenvalue weighted by molar-refractivity contribution is 0.0833. The predicted octanol–water partition coefficient (Wildman–Crippen LogP) is 6.31. The fourth-order valence-electron chi connectivity index (χ4n) is 2.88. The molecule has 0 amide bonds. The smallest absolute Gasteiger partial charge is 0.450 e. The zero-order valence-corrected chi connectivity index (χ0v) is 18.1. The van der Waals surface area contributed by atoms with Crippen molar-refractivity contribution in [1.29, 1.82) is 0 Å². The molecule has 29 heavy (non-hydrogen) atoms. The van der Waals surface area contributed by atoms with E-state index in [2.05, 4.69) is 33.5 Å². The minimum atomic E-state index is -1.35. The minimum absolute atomic E-state index is 0.150. The molecule has 1 atom stereocenters. The number of imidazole rings is 1. The molecular formula is C20H19Cl2N3O3S. The van der Waals surface area contributed by atoms with Crippen LogP contribution in [-0.2, 0) is 11.3 Å². The molecule has 3 aromatic rings. The van der Waals surface area contributed by atoms with Gasteiger partial charge in [-0.3, -0.25) is 4.98 Å². The molecule has 3 rings (SSSR count). The van der Waals surface area contributed by atoms with Crippen molar-refractivity contribution in [2.45, 2.75) is 36.5 Å². The summed E-state index contributed by atoms with van der Waals surface area (Å²) in [5, 5.41) is 9.66. The summed E-state index contributed by atoms with van der Waals surface area (Å²) in [6, 6.07) is 7.37. The van der Waals surface area contributed by atoms with Crippen LogP contribution in [0.5, 0.6) is 0 Å². The molecule has 2 aromatic heterocycles. The van der Waals surface area contributed by atoms with Gasteiger partial charge in [-0.25, -0.2) is 9.78 Å². The number of benzene rings is 1. The van der Waals surface area contributed by atoms with E-state index >= 15 is 0 Å². The molecule has 0 spiro atoms. The molecule has 0 saturated carbocycles. The Morgan fingerprint density at radius 1 is 1.21 bits per heavy atom. The van der Waals surface area contributed by atoms with Gasteiger partial charge in [0.15, 0.2) is 6.61 Å². The van der Waals surface area contributed by atoms with Crippen LogP contribution >= 0.6 is 35.0 Å². The lowest BCUT2D eigenvalue weighted by Gasteiger charge is -2.21. The van der Waals surface area contributed by atoms with Crippen LogP contribution < -0.4 is 0 Å². The van der Waals surface area contributed by atoms with Gasteiger partial charge in [-0.2, -0.15) is 0 Å². The monoisotopic (exact) mass is 451 g/mol. The van der Waals surface area contributed by atoms with E-state index in [1.54, 1.807) is 30.2 Å². The topological polar surface area (TPSA) is 88.1 Å². The normalized spacial score (nSPS) is 12.2. The molecule has 1 unspecified atom stereocenters. The van der Waals surface area contributed by atoms with Gasteiger partial charge in [-0.1, -0.05) is 37.0 Å². The van der Waals surface area contributed by atoms with E-state index in [-0.39, 0.29) is 17.8 Å². The van der Waals surface area contributed by atoms with E-state index in [4.69, 9.17) is 28.3 Å². The summed E-state index contributed by atoms with van der Waals surface area (Å²) >= 11 is 13.9. The van der Waals surface area contributed by atoms with E-state index in [1.807, 2.05) is 24.4 Å². The highest BCUT2D eigenvalue weighted by molar-refractivity contribution is 7.99. The number of H-pyrrole nitrogens is 1. The number of nitrogens with zero attached hydrogens (tertiary/aromatic N) is 2. The predicted molar refractivity (Wildman–Crippen MR) is 114 cm³/mol. The first-order valence-electron chi connectivity index (χ1n) is 8.79. The summed E-state index contributed by atoms with van der Waals surface area (Å²) in [6.07, 6.45) is 3.96. The number of aromatic nitrogens is 3. The highest BCUT2D eigenvalue weighted by Gasteiger charge is 2.23. The Morgan fingerprint density at radius 3 is 2.59 bits per heavy atom. The van der Waals surface area contributed by atoms with Crippen LogP contribution in [0.25, 0.3) is 0 Å². The van der Waals surface area contributed by atoms with Crippen molar-refractivity contribution in [2.24, 2.45) is 0 Å². The summed E-state index contributed by atoms with van der Waals surface area (Å²) in [5.74, 6) is 0.694. The third kappa shape index (κ3) is 5.65. The summed E-state index contributed by atoms with van der Waals surface area (Å²) in [5.41, 5.74) is 2.99. The quantitative estimate of drug-likeness (QED) is 0.323. The number of nitrogens with one attached hydrogen (secondary N) is 1. The number of thioether (sulfide) groups is 1. The fraction of sp³-hybridized carbons (Fsp3) is 0.250. The third-order valence-corrected chi connectivity index (χ3v) is 5.83. The molecule has 9 heteroatoms. The Balaban J connectivity index is 2.01. The Bertz CT molecular complexity index is 990. The Labute approximate surface area is 182 Å². The third-order valence-electron chi connectivity index (χ3n) is 4.14. The number of hydrogen-bond acceptors (Lipinski definition) is 5. The second-order valence-corrected chi connectivity index (χ2v) is 8.65. The van der Waals surface area contributed by atoms with Gasteiger partial charge in [0.05, 0.1) is 10.9 Å². The maximum absolute atomic E-state index is 10.7. The summed E-state index contributed by atoms with van der Waals surface area (Å²) < 4.78 is 4.61. The summed E-state index contributed by atoms with van der Waals surface area (Å²) in [4.78, 5) is 23.3. The molecule has 0 aliphatic carbocycles. The average Bonchev–Trinajstić information content (AvgIpc) is 3.12. The van der Waals surface area contributed by atoms with E-state index in [9.17, 15) is 4.79 Å². The van der Waals surface area contributed by atoms with Crippen molar-refractivity contribution in [3.8, 4) is 0 Å². The van der Waals surface area contributed by atoms with Crippen molar-refractivity contribution < 1.29 is 14.6 Å². The fourth-order valence-corrected chi connectivity index (χ4v) is 4.79. The number of pyridine rings is 1. The van der Waals surface area contributed by atoms with Gasteiger partial charge in [-0.05, 0) is 41.3 Å². The van der Waals surface area contributed by atoms with Gasteiger partial charge in [0, 0.05) is 33.5 Å². The van der Waals surface area contributed by atoms with Crippen molar-refractivity contribution in [2.75, 3.05) is 0 Å². The molecule has 0 aliphatic rings. The molecule has 6 nitrogen and oxygen atoms in total. The minimum Gasteiger partial charge on any atom is -0.450 e. The number of carboxylic acid groups (broad SMARTS) is 1. The Kier molecular flexibility index (Phi) is 7.05. The SMILES string of the molecule is CC(C)c1cnccc1C(Sc1cc(Cl)cc(Cl)c1)c1cnc(COC(=O)O)[nH]1. The lowest BCUT2D eigenvalue weighted by Crippen LogP contribution is -2.05. The number of carbonyl (C=O) groups is 1. The standard InChI is InChI=1S/C20H19Cl2N3O3S/c1-11(2)16-8-23-4-3-15(16)19(29-14-6-12(21)5-13(22)7-14)17-9-24-18(25-17)10-28-20(26)27/h3-9,11,19H,10H2,1-2H3,(H,24,25)(H,26,27). The number of rotatable bonds is 7. The Hall–Kier alpha value is -2.22. The van der Waals surface area contributed by atoms with Crippen LogP contribution in [0, 0.1) is 0 Å². The second-order valence-electron chi connectivity index (χ2n) is 6.60. The average molecular weight is 452 g/mol. The number of halogens is 2. The zero-order chi connectivity index (χ0) is 21.0. The lowest BCUT2D eigenvalue weighted by atomic mass is 9.96. The molecule has 0 aliphatic heterocycles. The highest BCUT2D eigenvalue weighted by atomic mass is 35.5. The first kappa shape index (κ1) is 21.5. The largest absolute Gasteiger partial charge is 0.506 e. The number of hydrogen-bond donors (Lipinski definition) is 2. The molecule has 0 saturated heterocycles. The van der Waals surface area contributed by atoms with Gasteiger partial charge in [0.2, 0.25) is 0 Å². The van der Waals surface area contributed by atoms with Crippen molar-refractivity contribution in [3.63, 3.8) is 0 Å². The first-order valence-corrected chi connectivity index (χ1v) is 10.4. The molecule has 2 heterocycles. The van der Waals surface area contributed by atoms with E-state index in [0.717, 1.165) is 21.7 Å². The van der Waals surface area contributed by atoms with Gasteiger partial charge in [0.1, 0.15) is 5.82 Å². The van der Waals surface area contributed by atoms with E-state index in [1.165, 1.54) is 0 Å². The molecule has 0 fully saturated rings. The molecule has 1 aromatic carbocycles. The van der Waals surface area contributed by atoms with Gasteiger partial charge in [0.25, 0.3) is 0 Å². The molecule has 0 radical (unpaired) electrons. The molecular weight excluding hydrogens is 433 g/mol. The van der Waals surface area contributed by atoms with Crippen molar-refractivity contribution in [3.05, 3.63) is 75.5 Å². The maximum Gasteiger partial charge on any atom is 0.506 e. The molecule has 152 valence electrons. The first-order chi connectivity index (χ1) is 13.8. The molecule has 0 bridgehead atoms. The summed E-state index contributed by atoms with van der Waals surface area (Å²) in [7, 11) is 0. The van der Waals surface area contributed by atoms with Crippen LogP contribution in [-0.4, -0.2) is 26.2 Å². The van der Waals surface area contributed by atoms with E-state index < -0.39 is 6.16 Å². The van der Waals surface area contributed by atoms with Crippen LogP contribution in [0.3, 0.4) is 0 Å². The van der Waals surface area contributed by atoms with Crippen molar-refractivity contribution >= 4 is 41.1 Å². The number of ether oxygens (including phenoxy) is 1. The maximum atomic E-state index is 10.7. The van der Waals surface area contributed by atoms with E-state index in [0.29, 0.717) is 15.9 Å². The van der Waals surface area contributed by atoms with Crippen molar-refractivity contribution in [1.82, 2.24) is 15.0 Å². The summed E-state index contributed by atoms with van der Waals surface area (Å²) in [6.45, 7) is 4.07. The zero-order valence-electron chi connectivity index (χ0n) is 15.7. The van der Waals surface area contributed by atoms with Gasteiger partial charge >= 0.3 is 6.16 Å². The van der Waals surface area contributed by atoms with Gasteiger partial charge in [-0.15, -0.1) is 11.8 Å².